The maximum atomic E-state index is 10.5. The monoisotopic (exact) mass is 253 g/mol. The van der Waals surface area contributed by atoms with Crippen molar-refractivity contribution in [3.63, 3.8) is 0 Å². The number of thiazole rings is 1. The molecule has 2 bridgehead atoms. The van der Waals surface area contributed by atoms with Crippen LogP contribution in [0.2, 0.25) is 0 Å². The first-order chi connectivity index (χ1) is 8.22. The number of aryl methyl sites for hydroxylation is 1. The number of rotatable bonds is 4. The Hall–Kier alpha value is -0.940. The predicted octanol–water partition coefficient (Wildman–Crippen LogP) is 2.20. The Kier molecular flexibility index (Phi) is 2.88. The van der Waals surface area contributed by atoms with Gasteiger partial charge in [0.05, 0.1) is 29.3 Å². The summed E-state index contributed by atoms with van der Waals surface area (Å²) < 4.78 is 5.82. The lowest BCUT2D eigenvalue weighted by Crippen LogP contribution is -2.14. The minimum atomic E-state index is -0.761. The van der Waals surface area contributed by atoms with Crippen molar-refractivity contribution >= 4 is 17.3 Å². The van der Waals surface area contributed by atoms with Gasteiger partial charge in [-0.2, -0.15) is 0 Å². The number of hydrogen-bond acceptors (Lipinski definition) is 4. The molecule has 1 aromatic heterocycles. The zero-order valence-electron chi connectivity index (χ0n) is 9.46. The third-order valence-corrected chi connectivity index (χ3v) is 4.61. The molecule has 0 radical (unpaired) electrons. The van der Waals surface area contributed by atoms with Gasteiger partial charge in [-0.25, -0.2) is 4.98 Å². The number of carboxylic acids is 1. The number of aliphatic carboxylic acids is 1. The molecule has 3 atom stereocenters. The van der Waals surface area contributed by atoms with Crippen molar-refractivity contribution in [1.82, 2.24) is 4.98 Å². The third kappa shape index (κ3) is 2.21. The lowest BCUT2D eigenvalue weighted by atomic mass is 9.90. The highest BCUT2D eigenvalue weighted by molar-refractivity contribution is 7.09. The Labute approximate surface area is 104 Å². The van der Waals surface area contributed by atoms with Crippen molar-refractivity contribution < 1.29 is 14.6 Å². The summed E-state index contributed by atoms with van der Waals surface area (Å²) in [5.41, 5.74) is 0.912. The topological polar surface area (TPSA) is 59.4 Å². The molecule has 1 N–H and O–H groups in total. The van der Waals surface area contributed by atoms with Crippen LogP contribution in [0.4, 0.5) is 0 Å². The zero-order chi connectivity index (χ0) is 11.8. The van der Waals surface area contributed by atoms with Crippen LogP contribution in [0.1, 0.15) is 42.3 Å². The van der Waals surface area contributed by atoms with Crippen molar-refractivity contribution in [2.45, 2.75) is 50.2 Å². The van der Waals surface area contributed by atoms with Gasteiger partial charge in [0.1, 0.15) is 0 Å². The van der Waals surface area contributed by atoms with Gasteiger partial charge in [0, 0.05) is 17.7 Å². The fourth-order valence-corrected chi connectivity index (χ4v) is 3.76. The Morgan fingerprint density at radius 1 is 1.59 bits per heavy atom. The van der Waals surface area contributed by atoms with E-state index in [0.29, 0.717) is 24.5 Å². The quantitative estimate of drug-likeness (QED) is 0.893. The summed E-state index contributed by atoms with van der Waals surface area (Å²) in [7, 11) is 0. The van der Waals surface area contributed by atoms with Crippen LogP contribution in [0.25, 0.3) is 0 Å². The van der Waals surface area contributed by atoms with Gasteiger partial charge in [-0.15, -0.1) is 11.3 Å². The number of aromatic nitrogens is 1. The summed E-state index contributed by atoms with van der Waals surface area (Å²) in [6, 6.07) is 0. The van der Waals surface area contributed by atoms with Crippen LogP contribution >= 0.6 is 11.3 Å². The van der Waals surface area contributed by atoms with Crippen molar-refractivity contribution in [2.75, 3.05) is 0 Å². The van der Waals surface area contributed by atoms with E-state index in [0.717, 1.165) is 23.5 Å². The van der Waals surface area contributed by atoms with Gasteiger partial charge >= 0.3 is 5.97 Å². The molecule has 2 aliphatic rings. The van der Waals surface area contributed by atoms with Crippen molar-refractivity contribution in [1.29, 1.82) is 0 Å². The molecular weight excluding hydrogens is 238 g/mol. The Balaban J connectivity index is 1.66. The molecule has 17 heavy (non-hydrogen) atoms. The van der Waals surface area contributed by atoms with Crippen molar-refractivity contribution in [3.8, 4) is 0 Å². The summed E-state index contributed by atoms with van der Waals surface area (Å²) in [5.74, 6) is -0.305. The van der Waals surface area contributed by atoms with Gasteiger partial charge in [0.15, 0.2) is 0 Å². The Morgan fingerprint density at radius 2 is 2.47 bits per heavy atom. The summed E-state index contributed by atoms with van der Waals surface area (Å²) in [4.78, 5) is 15.1. The average molecular weight is 253 g/mol. The number of carboxylic acid groups (broad SMARTS) is 1. The van der Waals surface area contributed by atoms with E-state index < -0.39 is 5.97 Å². The highest BCUT2D eigenvalue weighted by Crippen LogP contribution is 2.45. The lowest BCUT2D eigenvalue weighted by molar-refractivity contribution is -0.136. The predicted molar refractivity (Wildman–Crippen MR) is 63.3 cm³/mol. The van der Waals surface area contributed by atoms with Crippen LogP contribution in [0.3, 0.4) is 0 Å². The smallest absolute Gasteiger partial charge is 0.303 e. The molecule has 3 unspecified atom stereocenters. The molecule has 0 saturated carbocycles. The minimum Gasteiger partial charge on any atom is -0.481 e. The van der Waals surface area contributed by atoms with Gasteiger partial charge in [-0.1, -0.05) is 0 Å². The Morgan fingerprint density at radius 3 is 3.12 bits per heavy atom. The molecular formula is C12H15NO3S. The fourth-order valence-electron chi connectivity index (χ4n) is 2.74. The maximum Gasteiger partial charge on any atom is 0.303 e. The molecule has 5 heteroatoms. The SMILES string of the molecule is O=C(O)CCc1csc(C2CC3CCC2O3)n1. The second-order valence-corrected chi connectivity index (χ2v) is 5.68. The van der Waals surface area contributed by atoms with E-state index in [4.69, 9.17) is 9.84 Å². The standard InChI is InChI=1S/C12H15NO3S/c14-11(15)4-1-7-6-17-12(13-7)9-5-8-2-3-10(9)16-8/h6,8-10H,1-5H2,(H,14,15). The van der Waals surface area contributed by atoms with Crippen LogP contribution in [0, 0.1) is 0 Å². The molecule has 2 fully saturated rings. The number of ether oxygens (including phenoxy) is 1. The van der Waals surface area contributed by atoms with Crippen molar-refractivity contribution in [2.24, 2.45) is 0 Å². The van der Waals surface area contributed by atoms with Gasteiger partial charge in [0.2, 0.25) is 0 Å². The molecule has 4 nitrogen and oxygen atoms in total. The van der Waals surface area contributed by atoms with Crippen LogP contribution in [0.15, 0.2) is 5.38 Å². The van der Waals surface area contributed by atoms with E-state index in [1.54, 1.807) is 11.3 Å². The Bertz CT molecular complexity index is 431. The van der Waals surface area contributed by atoms with Gasteiger partial charge < -0.3 is 9.84 Å². The van der Waals surface area contributed by atoms with Gasteiger partial charge in [-0.05, 0) is 19.3 Å². The molecule has 1 aromatic rings. The van der Waals surface area contributed by atoms with E-state index in [-0.39, 0.29) is 6.42 Å². The van der Waals surface area contributed by atoms with E-state index in [9.17, 15) is 4.79 Å². The summed E-state index contributed by atoms with van der Waals surface area (Å²) in [6.45, 7) is 0. The van der Waals surface area contributed by atoms with Crippen LogP contribution in [0.5, 0.6) is 0 Å². The first-order valence-corrected chi connectivity index (χ1v) is 6.92. The van der Waals surface area contributed by atoms with E-state index in [2.05, 4.69) is 4.98 Å². The maximum absolute atomic E-state index is 10.5. The van der Waals surface area contributed by atoms with E-state index in [1.165, 1.54) is 6.42 Å². The number of hydrogen-bond donors (Lipinski definition) is 1. The van der Waals surface area contributed by atoms with Gasteiger partial charge in [0.25, 0.3) is 0 Å². The normalized spacial score (nSPS) is 30.9. The molecule has 92 valence electrons. The first kappa shape index (κ1) is 11.2. The van der Waals surface area contributed by atoms with Crippen LogP contribution in [-0.4, -0.2) is 28.3 Å². The largest absolute Gasteiger partial charge is 0.481 e. The second-order valence-electron chi connectivity index (χ2n) is 4.79. The molecule has 3 rings (SSSR count). The molecule has 0 aromatic carbocycles. The second kappa shape index (κ2) is 4.38. The summed E-state index contributed by atoms with van der Waals surface area (Å²) >= 11 is 1.65. The van der Waals surface area contributed by atoms with Crippen LogP contribution < -0.4 is 0 Å². The average Bonchev–Trinajstić information content (AvgIpc) is 3.01. The molecule has 3 heterocycles. The van der Waals surface area contributed by atoms with Crippen LogP contribution in [-0.2, 0) is 16.0 Å². The molecule has 2 saturated heterocycles. The molecule has 0 aliphatic carbocycles. The number of carbonyl (C=O) groups is 1. The highest BCUT2D eigenvalue weighted by Gasteiger charge is 2.42. The highest BCUT2D eigenvalue weighted by atomic mass is 32.1. The van der Waals surface area contributed by atoms with Crippen molar-refractivity contribution in [3.05, 3.63) is 16.1 Å². The zero-order valence-corrected chi connectivity index (χ0v) is 10.3. The number of fused-ring (bicyclic) bond motifs is 2. The fraction of sp³-hybridized carbons (Fsp3) is 0.667. The third-order valence-electron chi connectivity index (χ3n) is 3.59. The lowest BCUT2D eigenvalue weighted by Gasteiger charge is -2.15. The minimum absolute atomic E-state index is 0.163. The van der Waals surface area contributed by atoms with E-state index >= 15 is 0 Å². The molecule has 2 aliphatic heterocycles. The summed E-state index contributed by atoms with van der Waals surface area (Å²) in [6.07, 6.45) is 4.94. The molecule has 0 spiro atoms. The molecule has 0 amide bonds. The number of nitrogens with zero attached hydrogens (tertiary/aromatic N) is 1. The summed E-state index contributed by atoms with van der Waals surface area (Å²) in [5, 5.41) is 11.8. The van der Waals surface area contributed by atoms with Gasteiger partial charge in [-0.3, -0.25) is 4.79 Å². The first-order valence-electron chi connectivity index (χ1n) is 6.04. The van der Waals surface area contributed by atoms with E-state index in [1.807, 2.05) is 5.38 Å².